The number of hydrogen-bond donors (Lipinski definition) is 3. The van der Waals surface area contributed by atoms with Gasteiger partial charge in [0.1, 0.15) is 28.8 Å². The zero-order valence-electron chi connectivity index (χ0n) is 16.3. The van der Waals surface area contributed by atoms with E-state index in [0.717, 1.165) is 12.1 Å². The Kier molecular flexibility index (Phi) is 5.86. The first-order valence-electron chi connectivity index (χ1n) is 9.01. The maximum atomic E-state index is 13.3. The van der Waals surface area contributed by atoms with E-state index in [-0.39, 0.29) is 30.0 Å². The average molecular weight is 415 g/mol. The van der Waals surface area contributed by atoms with Gasteiger partial charge in [-0.2, -0.15) is 0 Å². The molecule has 0 radical (unpaired) electrons. The molecule has 1 amide bonds. The van der Waals surface area contributed by atoms with E-state index in [1.807, 2.05) is 13.8 Å². The van der Waals surface area contributed by atoms with Crippen LogP contribution in [0.15, 0.2) is 46.4 Å². The van der Waals surface area contributed by atoms with Crippen molar-refractivity contribution in [3.05, 3.63) is 74.4 Å². The highest BCUT2D eigenvalue weighted by Gasteiger charge is 2.25. The minimum Gasteiger partial charge on any atom is -0.379 e. The Hall–Kier alpha value is -3.69. The molecule has 0 aliphatic rings. The van der Waals surface area contributed by atoms with Crippen LogP contribution in [-0.2, 0) is 0 Å². The van der Waals surface area contributed by atoms with E-state index in [4.69, 9.17) is 0 Å². The summed E-state index contributed by atoms with van der Waals surface area (Å²) in [6.07, 6.45) is 4.33. The number of halogens is 2. The molecule has 0 atom stereocenters. The van der Waals surface area contributed by atoms with Gasteiger partial charge in [-0.15, -0.1) is 0 Å². The number of anilines is 3. The number of carbonyl (C=O) groups excluding carboxylic acids is 1. The molecule has 1 heterocycles. The maximum absolute atomic E-state index is 13.3. The van der Waals surface area contributed by atoms with Crippen molar-refractivity contribution in [2.24, 2.45) is 5.41 Å². The van der Waals surface area contributed by atoms with Gasteiger partial charge in [-0.25, -0.2) is 13.8 Å². The molecule has 10 heteroatoms. The molecule has 30 heavy (non-hydrogen) atoms. The van der Waals surface area contributed by atoms with E-state index in [9.17, 15) is 23.2 Å². The number of benzene rings is 1. The molecule has 2 aromatic carbocycles. The lowest BCUT2D eigenvalue weighted by Crippen LogP contribution is -2.42. The molecular formula is C20H19F2N5O3. The van der Waals surface area contributed by atoms with Crippen molar-refractivity contribution in [2.45, 2.75) is 13.8 Å². The third-order valence-electron chi connectivity index (χ3n) is 4.32. The molecule has 0 aliphatic carbocycles. The van der Waals surface area contributed by atoms with E-state index in [2.05, 4.69) is 25.9 Å². The molecule has 0 saturated carbocycles. The van der Waals surface area contributed by atoms with E-state index in [0.29, 0.717) is 11.9 Å². The van der Waals surface area contributed by atoms with Crippen LogP contribution >= 0.6 is 0 Å². The molecule has 3 aromatic rings. The maximum Gasteiger partial charge on any atom is 0.253 e. The summed E-state index contributed by atoms with van der Waals surface area (Å²) in [4.78, 5) is 43.8. The number of nitrogens with one attached hydrogen (secondary N) is 3. The van der Waals surface area contributed by atoms with Gasteiger partial charge >= 0.3 is 0 Å². The number of nitrogens with zero attached hydrogens (tertiary/aromatic N) is 2. The van der Waals surface area contributed by atoms with Crippen molar-refractivity contribution in [1.82, 2.24) is 15.3 Å². The van der Waals surface area contributed by atoms with Gasteiger partial charge < -0.3 is 16.0 Å². The minimum absolute atomic E-state index is 0.0931. The van der Waals surface area contributed by atoms with E-state index < -0.39 is 33.8 Å². The summed E-state index contributed by atoms with van der Waals surface area (Å²) >= 11 is 0. The van der Waals surface area contributed by atoms with Crippen molar-refractivity contribution in [3.63, 3.8) is 0 Å². The molecule has 0 aliphatic heterocycles. The topological polar surface area (TPSA) is 113 Å². The van der Waals surface area contributed by atoms with Crippen LogP contribution in [0.3, 0.4) is 0 Å². The first kappa shape index (κ1) is 21.0. The van der Waals surface area contributed by atoms with Gasteiger partial charge in [0.05, 0.1) is 6.20 Å². The largest absolute Gasteiger partial charge is 0.379 e. The summed E-state index contributed by atoms with van der Waals surface area (Å²) in [5.41, 5.74) is -1.79. The van der Waals surface area contributed by atoms with Crippen molar-refractivity contribution >= 4 is 23.1 Å². The van der Waals surface area contributed by atoms with Crippen molar-refractivity contribution < 1.29 is 13.6 Å². The van der Waals surface area contributed by atoms with Crippen LogP contribution in [0.1, 0.15) is 24.2 Å². The monoisotopic (exact) mass is 415 g/mol. The molecule has 8 nitrogen and oxygen atoms in total. The number of hydrogen-bond acceptors (Lipinski definition) is 7. The molecule has 156 valence electrons. The highest BCUT2D eigenvalue weighted by molar-refractivity contribution is 5.94. The number of aromatic nitrogens is 2. The van der Waals surface area contributed by atoms with Gasteiger partial charge in [-0.1, -0.05) is 13.8 Å². The highest BCUT2D eigenvalue weighted by Crippen LogP contribution is 2.21. The van der Waals surface area contributed by atoms with Crippen LogP contribution in [-0.4, -0.2) is 29.0 Å². The Morgan fingerprint density at radius 3 is 2.30 bits per heavy atom. The lowest BCUT2D eigenvalue weighted by atomic mass is 9.93. The van der Waals surface area contributed by atoms with Gasteiger partial charge in [-0.3, -0.25) is 19.4 Å². The molecule has 3 rings (SSSR count). The SMILES string of the molecule is CC(C)(CNC(=O)c1cc(F)cc(F)c1)CNc1c(Nc2cnccn2)c(=O)c1=O. The van der Waals surface area contributed by atoms with Crippen LogP contribution in [0.4, 0.5) is 26.0 Å². The summed E-state index contributed by atoms with van der Waals surface area (Å²) in [5, 5.41) is 8.29. The van der Waals surface area contributed by atoms with Gasteiger partial charge in [0.2, 0.25) is 0 Å². The Bertz CT molecular complexity index is 1120. The summed E-state index contributed by atoms with van der Waals surface area (Å²) in [5.74, 6) is -1.99. The van der Waals surface area contributed by atoms with E-state index in [1.54, 1.807) is 0 Å². The minimum atomic E-state index is -0.843. The number of amides is 1. The Morgan fingerprint density at radius 1 is 1.00 bits per heavy atom. The van der Waals surface area contributed by atoms with E-state index in [1.165, 1.54) is 18.6 Å². The fourth-order valence-electron chi connectivity index (χ4n) is 2.67. The predicted molar refractivity (Wildman–Crippen MR) is 108 cm³/mol. The van der Waals surface area contributed by atoms with Crippen LogP contribution in [0.5, 0.6) is 0 Å². The van der Waals surface area contributed by atoms with Crippen molar-refractivity contribution in [3.8, 4) is 0 Å². The quantitative estimate of drug-likeness (QED) is 0.482. The first-order chi connectivity index (χ1) is 14.2. The zero-order valence-corrected chi connectivity index (χ0v) is 16.3. The highest BCUT2D eigenvalue weighted by atomic mass is 19.1. The molecule has 0 fully saturated rings. The Morgan fingerprint density at radius 2 is 1.67 bits per heavy atom. The second-order valence-corrected chi connectivity index (χ2v) is 7.48. The fraction of sp³-hybridized carbons (Fsp3) is 0.250. The molecule has 0 bridgehead atoms. The van der Waals surface area contributed by atoms with Crippen LogP contribution in [0.25, 0.3) is 0 Å². The molecule has 0 saturated heterocycles. The van der Waals surface area contributed by atoms with Crippen LogP contribution in [0.2, 0.25) is 0 Å². The second-order valence-electron chi connectivity index (χ2n) is 7.48. The predicted octanol–water partition coefficient (Wildman–Crippen LogP) is 1.96. The van der Waals surface area contributed by atoms with Crippen molar-refractivity contribution in [1.29, 1.82) is 0 Å². The lowest BCUT2D eigenvalue weighted by Gasteiger charge is -2.27. The van der Waals surface area contributed by atoms with E-state index >= 15 is 0 Å². The summed E-state index contributed by atoms with van der Waals surface area (Å²) < 4.78 is 26.5. The van der Waals surface area contributed by atoms with Gasteiger partial charge in [0, 0.05) is 37.1 Å². The smallest absolute Gasteiger partial charge is 0.253 e. The van der Waals surface area contributed by atoms with Gasteiger partial charge in [-0.05, 0) is 17.5 Å². The first-order valence-corrected chi connectivity index (χ1v) is 9.01. The number of carbonyl (C=O) groups is 1. The third-order valence-corrected chi connectivity index (χ3v) is 4.32. The molecule has 0 unspecified atom stereocenters. The summed E-state index contributed by atoms with van der Waals surface area (Å²) in [6.45, 7) is 4.02. The van der Waals surface area contributed by atoms with Crippen LogP contribution in [0, 0.1) is 17.0 Å². The average Bonchev–Trinajstić information content (AvgIpc) is 2.71. The standard InChI is InChI=1S/C20H19F2N5O3/c1-20(2,10-26-19(30)11-5-12(21)7-13(22)6-11)9-25-15-16(18(29)17(15)28)27-14-8-23-3-4-24-14/h3-8,25H,9-10H2,1-2H3,(H,24,27)(H,26,30). The normalized spacial score (nSPS) is 11.3. The fourth-order valence-corrected chi connectivity index (χ4v) is 2.67. The lowest BCUT2D eigenvalue weighted by molar-refractivity contribution is 0.0937. The molecular weight excluding hydrogens is 396 g/mol. The summed E-state index contributed by atoms with van der Waals surface area (Å²) in [7, 11) is 0. The van der Waals surface area contributed by atoms with Gasteiger partial charge in [0.15, 0.2) is 0 Å². The molecule has 3 N–H and O–H groups in total. The Balaban J connectivity index is 1.60. The van der Waals surface area contributed by atoms with Crippen LogP contribution < -0.4 is 26.8 Å². The van der Waals surface area contributed by atoms with Gasteiger partial charge in [0.25, 0.3) is 16.8 Å². The zero-order chi connectivity index (χ0) is 21.9. The second kappa shape index (κ2) is 8.36. The molecule has 1 aromatic heterocycles. The summed E-state index contributed by atoms with van der Waals surface area (Å²) in [6, 6.07) is 2.57. The molecule has 0 spiro atoms. The third kappa shape index (κ3) is 4.83. The number of rotatable bonds is 8. The Labute approximate surface area is 170 Å². The van der Waals surface area contributed by atoms with Crippen molar-refractivity contribution in [2.75, 3.05) is 23.7 Å².